The van der Waals surface area contributed by atoms with Gasteiger partial charge in [-0.1, -0.05) is 36.4 Å². The smallest absolute Gasteiger partial charge is 0.276 e. The van der Waals surface area contributed by atoms with Gasteiger partial charge in [0.2, 0.25) is 0 Å². The van der Waals surface area contributed by atoms with Gasteiger partial charge in [-0.25, -0.2) is 0 Å². The Hall–Kier alpha value is -3.41. The minimum absolute atomic E-state index is 0.264. The maximum absolute atomic E-state index is 12.2. The first-order chi connectivity index (χ1) is 13.8. The number of rotatable bonds is 6. The molecular formula is C22H23N5O. The van der Waals surface area contributed by atoms with Crippen LogP contribution in [0, 0.1) is 5.92 Å². The lowest BCUT2D eigenvalue weighted by atomic mass is 10.1. The lowest BCUT2D eigenvalue weighted by Crippen LogP contribution is -2.22. The first-order valence-corrected chi connectivity index (χ1v) is 9.52. The average Bonchev–Trinajstić information content (AvgIpc) is 3.23. The predicted octanol–water partition coefficient (Wildman–Crippen LogP) is 3.67. The fraction of sp³-hybridized carbons (Fsp3) is 0.227. The Morgan fingerprint density at radius 3 is 2.43 bits per heavy atom. The number of nitrogens with zero attached hydrogens (tertiary/aromatic N) is 3. The zero-order valence-electron chi connectivity index (χ0n) is 15.6. The molecule has 2 aromatic carbocycles. The van der Waals surface area contributed by atoms with E-state index in [1.165, 1.54) is 5.69 Å². The van der Waals surface area contributed by atoms with Crippen molar-refractivity contribution in [3.05, 3.63) is 78.5 Å². The lowest BCUT2D eigenvalue weighted by Gasteiger charge is -2.18. The average molecular weight is 373 g/mol. The van der Waals surface area contributed by atoms with E-state index in [1.807, 2.05) is 36.4 Å². The Morgan fingerprint density at radius 2 is 1.71 bits per heavy atom. The van der Waals surface area contributed by atoms with Gasteiger partial charge in [0, 0.05) is 31.0 Å². The molecule has 1 atom stereocenters. The van der Waals surface area contributed by atoms with E-state index in [4.69, 9.17) is 0 Å². The summed E-state index contributed by atoms with van der Waals surface area (Å²) >= 11 is 0. The first-order valence-electron chi connectivity index (χ1n) is 9.52. The quantitative estimate of drug-likeness (QED) is 0.690. The number of anilines is 3. The highest BCUT2D eigenvalue weighted by Gasteiger charge is 2.22. The molecule has 1 amide bonds. The van der Waals surface area contributed by atoms with E-state index >= 15 is 0 Å². The van der Waals surface area contributed by atoms with Crippen molar-refractivity contribution in [3.8, 4) is 0 Å². The van der Waals surface area contributed by atoms with E-state index < -0.39 is 0 Å². The standard InChI is InChI=1S/C22H23N5O/c28-22(24-18-7-3-1-4-8-18)20-11-12-21(26-25-20)23-15-17-13-14-27(16-17)19-9-5-2-6-10-19/h1-12,17H,13-16H2,(H,23,26)(H,24,28). The highest BCUT2D eigenvalue weighted by Crippen LogP contribution is 2.23. The molecule has 2 heterocycles. The number of nitrogens with one attached hydrogen (secondary N) is 2. The van der Waals surface area contributed by atoms with Gasteiger partial charge in [0.25, 0.3) is 5.91 Å². The summed E-state index contributed by atoms with van der Waals surface area (Å²) in [5.74, 6) is 0.983. The van der Waals surface area contributed by atoms with Crippen molar-refractivity contribution in [1.82, 2.24) is 10.2 Å². The largest absolute Gasteiger partial charge is 0.371 e. The molecule has 1 aliphatic heterocycles. The van der Waals surface area contributed by atoms with Gasteiger partial charge in [-0.05, 0) is 48.7 Å². The van der Waals surface area contributed by atoms with E-state index in [9.17, 15) is 4.79 Å². The number of aromatic nitrogens is 2. The molecule has 2 N–H and O–H groups in total. The molecule has 28 heavy (non-hydrogen) atoms. The summed E-state index contributed by atoms with van der Waals surface area (Å²) in [6.45, 7) is 2.94. The number of para-hydroxylation sites is 2. The van der Waals surface area contributed by atoms with Crippen molar-refractivity contribution in [2.75, 3.05) is 35.2 Å². The number of carbonyl (C=O) groups excluding carboxylic acids is 1. The SMILES string of the molecule is O=C(Nc1ccccc1)c1ccc(NCC2CCN(c3ccccc3)C2)nn1. The Bertz CT molecular complexity index is 899. The van der Waals surface area contributed by atoms with Crippen LogP contribution in [0.15, 0.2) is 72.8 Å². The highest BCUT2D eigenvalue weighted by molar-refractivity contribution is 6.02. The monoisotopic (exact) mass is 373 g/mol. The van der Waals surface area contributed by atoms with Crippen LogP contribution in [0.5, 0.6) is 0 Å². The second-order valence-electron chi connectivity index (χ2n) is 6.94. The van der Waals surface area contributed by atoms with Crippen LogP contribution < -0.4 is 15.5 Å². The Morgan fingerprint density at radius 1 is 0.964 bits per heavy atom. The summed E-state index contributed by atoms with van der Waals surface area (Å²) in [5, 5.41) is 14.3. The van der Waals surface area contributed by atoms with Gasteiger partial charge < -0.3 is 15.5 Å². The summed E-state index contributed by atoms with van der Waals surface area (Å²) in [4.78, 5) is 14.6. The van der Waals surface area contributed by atoms with E-state index in [0.717, 1.165) is 31.7 Å². The molecule has 1 aromatic heterocycles. The number of benzene rings is 2. The van der Waals surface area contributed by atoms with Crippen LogP contribution in [-0.2, 0) is 0 Å². The van der Waals surface area contributed by atoms with Gasteiger partial charge in [-0.15, -0.1) is 10.2 Å². The van der Waals surface area contributed by atoms with Crippen LogP contribution in [0.3, 0.4) is 0 Å². The van der Waals surface area contributed by atoms with Crippen LogP contribution in [0.2, 0.25) is 0 Å². The third kappa shape index (κ3) is 4.46. The highest BCUT2D eigenvalue weighted by atomic mass is 16.1. The van der Waals surface area contributed by atoms with E-state index in [1.54, 1.807) is 12.1 Å². The molecule has 0 spiro atoms. The molecular weight excluding hydrogens is 350 g/mol. The molecule has 1 saturated heterocycles. The van der Waals surface area contributed by atoms with Crippen molar-refractivity contribution < 1.29 is 4.79 Å². The van der Waals surface area contributed by atoms with Gasteiger partial charge in [-0.2, -0.15) is 0 Å². The number of hydrogen-bond donors (Lipinski definition) is 2. The maximum Gasteiger partial charge on any atom is 0.276 e. The second-order valence-corrected chi connectivity index (χ2v) is 6.94. The minimum atomic E-state index is -0.264. The molecule has 0 bridgehead atoms. The molecule has 1 aliphatic rings. The van der Waals surface area contributed by atoms with E-state index in [-0.39, 0.29) is 5.91 Å². The van der Waals surface area contributed by atoms with Crippen LogP contribution in [0.4, 0.5) is 17.2 Å². The second kappa shape index (κ2) is 8.52. The number of carbonyl (C=O) groups is 1. The first kappa shape index (κ1) is 18.0. The van der Waals surface area contributed by atoms with Crippen molar-refractivity contribution >= 4 is 23.1 Å². The van der Waals surface area contributed by atoms with Crippen molar-refractivity contribution in [2.24, 2.45) is 5.92 Å². The molecule has 1 fully saturated rings. The Labute approximate surface area is 164 Å². The zero-order chi connectivity index (χ0) is 19.2. The summed E-state index contributed by atoms with van der Waals surface area (Å²) in [7, 11) is 0. The summed E-state index contributed by atoms with van der Waals surface area (Å²) < 4.78 is 0. The van der Waals surface area contributed by atoms with Gasteiger partial charge in [0.1, 0.15) is 5.82 Å². The Balaban J connectivity index is 1.27. The number of amides is 1. The third-order valence-corrected chi connectivity index (χ3v) is 4.91. The van der Waals surface area contributed by atoms with Gasteiger partial charge in [-0.3, -0.25) is 4.79 Å². The number of hydrogen-bond acceptors (Lipinski definition) is 5. The molecule has 4 rings (SSSR count). The maximum atomic E-state index is 12.2. The topological polar surface area (TPSA) is 70.2 Å². The summed E-state index contributed by atoms with van der Waals surface area (Å²) in [6, 6.07) is 23.3. The predicted molar refractivity (Wildman–Crippen MR) is 112 cm³/mol. The van der Waals surface area contributed by atoms with Gasteiger partial charge in [0.05, 0.1) is 0 Å². The molecule has 1 unspecified atom stereocenters. The van der Waals surface area contributed by atoms with Crippen LogP contribution >= 0.6 is 0 Å². The van der Waals surface area contributed by atoms with Gasteiger partial charge >= 0.3 is 0 Å². The van der Waals surface area contributed by atoms with E-state index in [0.29, 0.717) is 17.4 Å². The molecule has 6 nitrogen and oxygen atoms in total. The van der Waals surface area contributed by atoms with Gasteiger partial charge in [0.15, 0.2) is 5.69 Å². The van der Waals surface area contributed by atoms with Crippen LogP contribution in [0.25, 0.3) is 0 Å². The molecule has 6 heteroatoms. The normalized spacial score (nSPS) is 16.0. The van der Waals surface area contributed by atoms with E-state index in [2.05, 4.69) is 50.0 Å². The summed E-state index contributed by atoms with van der Waals surface area (Å²) in [5.41, 5.74) is 2.31. The summed E-state index contributed by atoms with van der Waals surface area (Å²) in [6.07, 6.45) is 1.15. The minimum Gasteiger partial charge on any atom is -0.371 e. The zero-order valence-corrected chi connectivity index (χ0v) is 15.6. The van der Waals surface area contributed by atoms with Crippen molar-refractivity contribution in [3.63, 3.8) is 0 Å². The molecule has 142 valence electrons. The third-order valence-electron chi connectivity index (χ3n) is 4.91. The lowest BCUT2D eigenvalue weighted by molar-refractivity contribution is 0.102. The molecule has 0 aliphatic carbocycles. The van der Waals surface area contributed by atoms with Crippen molar-refractivity contribution in [1.29, 1.82) is 0 Å². The van der Waals surface area contributed by atoms with Crippen LogP contribution in [-0.4, -0.2) is 35.7 Å². The molecule has 0 radical (unpaired) electrons. The molecule has 3 aromatic rings. The molecule has 0 saturated carbocycles. The van der Waals surface area contributed by atoms with Crippen LogP contribution in [0.1, 0.15) is 16.9 Å². The van der Waals surface area contributed by atoms with Crippen molar-refractivity contribution in [2.45, 2.75) is 6.42 Å². The fourth-order valence-corrected chi connectivity index (χ4v) is 3.39. The fourth-order valence-electron chi connectivity index (χ4n) is 3.39. The Kier molecular flexibility index (Phi) is 5.47.